The maximum absolute atomic E-state index is 12.0. The van der Waals surface area contributed by atoms with Crippen LogP contribution in [0.3, 0.4) is 0 Å². The zero-order valence-electron chi connectivity index (χ0n) is 10.8. The molecule has 1 heterocycles. The number of benzene rings is 1. The molecule has 1 aromatic rings. The summed E-state index contributed by atoms with van der Waals surface area (Å²) in [6.45, 7) is 9.34. The number of carbonyl (C=O) groups is 1. The minimum absolute atomic E-state index is 0.332. The standard InChI is InChI=1S/C14H16O4/c1-9(2)8-16-10-6-5-7-11-12(10)13(15)18-14(3,4)17-11/h5-7H,1,8H2,2-4H3. The van der Waals surface area contributed by atoms with E-state index in [1.165, 1.54) is 0 Å². The number of cyclic esters (lactones) is 1. The molecule has 1 aliphatic heterocycles. The molecule has 0 radical (unpaired) electrons. The third kappa shape index (κ3) is 2.47. The molecule has 1 aliphatic rings. The van der Waals surface area contributed by atoms with Crippen LogP contribution in [0.2, 0.25) is 0 Å². The first-order valence-electron chi connectivity index (χ1n) is 5.71. The van der Waals surface area contributed by atoms with Gasteiger partial charge in [-0.1, -0.05) is 12.6 Å². The Labute approximate surface area is 106 Å². The number of hydrogen-bond donors (Lipinski definition) is 0. The molecule has 0 fully saturated rings. The Morgan fingerprint density at radius 3 is 2.78 bits per heavy atom. The molecule has 2 rings (SSSR count). The fourth-order valence-corrected chi connectivity index (χ4v) is 1.68. The molecule has 0 aliphatic carbocycles. The van der Waals surface area contributed by atoms with Gasteiger partial charge in [-0.05, 0) is 24.6 Å². The van der Waals surface area contributed by atoms with E-state index in [-0.39, 0.29) is 0 Å². The predicted octanol–water partition coefficient (Wildman–Crippen LogP) is 2.93. The summed E-state index contributed by atoms with van der Waals surface area (Å²) < 4.78 is 16.3. The predicted molar refractivity (Wildman–Crippen MR) is 66.9 cm³/mol. The Morgan fingerprint density at radius 2 is 2.11 bits per heavy atom. The first-order valence-corrected chi connectivity index (χ1v) is 5.71. The lowest BCUT2D eigenvalue weighted by Crippen LogP contribution is -2.39. The summed E-state index contributed by atoms with van der Waals surface area (Å²) in [5.41, 5.74) is 1.20. The van der Waals surface area contributed by atoms with Crippen LogP contribution in [0.15, 0.2) is 30.4 Å². The van der Waals surface area contributed by atoms with Gasteiger partial charge in [0.25, 0.3) is 0 Å². The summed E-state index contributed by atoms with van der Waals surface area (Å²) in [4.78, 5) is 12.0. The monoisotopic (exact) mass is 248 g/mol. The molecule has 0 atom stereocenters. The van der Waals surface area contributed by atoms with E-state index in [1.54, 1.807) is 32.0 Å². The maximum Gasteiger partial charge on any atom is 0.349 e. The molecular formula is C14H16O4. The molecule has 0 N–H and O–H groups in total. The van der Waals surface area contributed by atoms with E-state index in [1.807, 2.05) is 6.92 Å². The Kier molecular flexibility index (Phi) is 3.03. The van der Waals surface area contributed by atoms with Gasteiger partial charge >= 0.3 is 5.97 Å². The van der Waals surface area contributed by atoms with Crippen LogP contribution in [0.4, 0.5) is 0 Å². The number of rotatable bonds is 3. The SMILES string of the molecule is C=C(C)COc1cccc2c1C(=O)OC(C)(C)O2. The maximum atomic E-state index is 12.0. The fourth-order valence-electron chi connectivity index (χ4n) is 1.68. The quantitative estimate of drug-likeness (QED) is 0.609. The van der Waals surface area contributed by atoms with Crippen LogP contribution in [0.25, 0.3) is 0 Å². The lowest BCUT2D eigenvalue weighted by Gasteiger charge is -2.32. The lowest BCUT2D eigenvalue weighted by molar-refractivity contribution is -0.127. The minimum atomic E-state index is -0.947. The highest BCUT2D eigenvalue weighted by molar-refractivity contribution is 5.96. The number of fused-ring (bicyclic) bond motifs is 1. The third-order valence-electron chi connectivity index (χ3n) is 2.36. The summed E-state index contributed by atoms with van der Waals surface area (Å²) in [6, 6.07) is 5.22. The molecule has 4 heteroatoms. The van der Waals surface area contributed by atoms with Gasteiger partial charge in [0.15, 0.2) is 0 Å². The Balaban J connectivity index is 2.35. The van der Waals surface area contributed by atoms with Crippen molar-refractivity contribution >= 4 is 5.97 Å². The highest BCUT2D eigenvalue weighted by Crippen LogP contribution is 2.36. The van der Waals surface area contributed by atoms with Gasteiger partial charge in [0.05, 0.1) is 0 Å². The van der Waals surface area contributed by atoms with Crippen LogP contribution in [0.1, 0.15) is 31.1 Å². The summed E-state index contributed by atoms with van der Waals surface area (Å²) in [5.74, 6) is -0.443. The normalized spacial score (nSPS) is 16.3. The van der Waals surface area contributed by atoms with Crippen molar-refractivity contribution in [3.63, 3.8) is 0 Å². The van der Waals surface area contributed by atoms with E-state index in [0.717, 1.165) is 5.57 Å². The van der Waals surface area contributed by atoms with Gasteiger partial charge in [-0.3, -0.25) is 0 Å². The van der Waals surface area contributed by atoms with E-state index in [0.29, 0.717) is 23.7 Å². The summed E-state index contributed by atoms with van der Waals surface area (Å²) >= 11 is 0. The number of ether oxygens (including phenoxy) is 3. The van der Waals surface area contributed by atoms with Crippen molar-refractivity contribution in [1.82, 2.24) is 0 Å². The molecule has 0 amide bonds. The molecule has 4 nitrogen and oxygen atoms in total. The van der Waals surface area contributed by atoms with E-state index in [4.69, 9.17) is 14.2 Å². The van der Waals surface area contributed by atoms with E-state index < -0.39 is 11.8 Å². The van der Waals surface area contributed by atoms with Gasteiger partial charge in [0, 0.05) is 13.8 Å². The van der Waals surface area contributed by atoms with Crippen LogP contribution in [0, 0.1) is 0 Å². The number of esters is 1. The summed E-state index contributed by atoms with van der Waals surface area (Å²) in [6.07, 6.45) is 0. The van der Waals surface area contributed by atoms with Crippen molar-refractivity contribution in [3.8, 4) is 11.5 Å². The van der Waals surface area contributed by atoms with Crippen molar-refractivity contribution in [1.29, 1.82) is 0 Å². The van der Waals surface area contributed by atoms with Crippen molar-refractivity contribution in [2.75, 3.05) is 6.61 Å². The third-order valence-corrected chi connectivity index (χ3v) is 2.36. The number of hydrogen-bond acceptors (Lipinski definition) is 4. The zero-order chi connectivity index (χ0) is 13.3. The van der Waals surface area contributed by atoms with Gasteiger partial charge in [0.2, 0.25) is 5.79 Å². The van der Waals surface area contributed by atoms with Crippen LogP contribution >= 0.6 is 0 Å². The molecule has 0 unspecified atom stereocenters. The largest absolute Gasteiger partial charge is 0.488 e. The highest BCUT2D eigenvalue weighted by Gasteiger charge is 2.35. The van der Waals surface area contributed by atoms with Gasteiger partial charge in [-0.25, -0.2) is 4.79 Å². The molecule has 18 heavy (non-hydrogen) atoms. The molecule has 0 aromatic heterocycles. The van der Waals surface area contributed by atoms with Crippen molar-refractivity contribution < 1.29 is 19.0 Å². The molecular weight excluding hydrogens is 232 g/mol. The van der Waals surface area contributed by atoms with Crippen LogP contribution in [-0.2, 0) is 4.74 Å². The molecule has 96 valence electrons. The van der Waals surface area contributed by atoms with Crippen LogP contribution in [-0.4, -0.2) is 18.4 Å². The van der Waals surface area contributed by atoms with Crippen molar-refractivity contribution in [3.05, 3.63) is 35.9 Å². The first kappa shape index (κ1) is 12.5. The summed E-state index contributed by atoms with van der Waals surface area (Å²) in [7, 11) is 0. The Morgan fingerprint density at radius 1 is 1.39 bits per heavy atom. The van der Waals surface area contributed by atoms with Crippen molar-refractivity contribution in [2.24, 2.45) is 0 Å². The Bertz CT molecular complexity index is 503. The molecule has 0 saturated heterocycles. The number of carbonyl (C=O) groups excluding carboxylic acids is 1. The van der Waals surface area contributed by atoms with Gasteiger partial charge in [-0.2, -0.15) is 0 Å². The highest BCUT2D eigenvalue weighted by atomic mass is 16.7. The van der Waals surface area contributed by atoms with E-state index in [2.05, 4.69) is 6.58 Å². The van der Waals surface area contributed by atoms with Crippen molar-refractivity contribution in [2.45, 2.75) is 26.6 Å². The van der Waals surface area contributed by atoms with E-state index >= 15 is 0 Å². The van der Waals surface area contributed by atoms with Crippen LogP contribution < -0.4 is 9.47 Å². The van der Waals surface area contributed by atoms with Gasteiger partial charge in [0.1, 0.15) is 23.7 Å². The second kappa shape index (κ2) is 4.37. The first-order chi connectivity index (χ1) is 8.39. The molecule has 0 saturated carbocycles. The lowest BCUT2D eigenvalue weighted by atomic mass is 10.1. The Hall–Kier alpha value is -1.97. The second-order valence-electron chi connectivity index (χ2n) is 4.77. The zero-order valence-corrected chi connectivity index (χ0v) is 10.8. The topological polar surface area (TPSA) is 44.8 Å². The fraction of sp³-hybridized carbons (Fsp3) is 0.357. The molecule has 0 spiro atoms. The summed E-state index contributed by atoms with van der Waals surface area (Å²) in [5, 5.41) is 0. The van der Waals surface area contributed by atoms with Crippen LogP contribution in [0.5, 0.6) is 11.5 Å². The van der Waals surface area contributed by atoms with Gasteiger partial charge in [-0.15, -0.1) is 0 Å². The minimum Gasteiger partial charge on any atom is -0.488 e. The van der Waals surface area contributed by atoms with E-state index in [9.17, 15) is 4.79 Å². The smallest absolute Gasteiger partial charge is 0.349 e. The second-order valence-corrected chi connectivity index (χ2v) is 4.77. The average Bonchev–Trinajstić information content (AvgIpc) is 2.23. The molecule has 1 aromatic carbocycles. The molecule has 0 bridgehead atoms. The van der Waals surface area contributed by atoms with Gasteiger partial charge < -0.3 is 14.2 Å². The average molecular weight is 248 g/mol.